The molecule has 190 valence electrons. The van der Waals surface area contributed by atoms with Gasteiger partial charge in [-0.15, -0.1) is 4.28 Å². The quantitative estimate of drug-likeness (QED) is 0.247. The molecule has 0 aromatic rings. The lowest BCUT2D eigenvalue weighted by Gasteiger charge is -2.40. The number of carboxylic acid groups (broad SMARTS) is 1. The predicted molar refractivity (Wildman–Crippen MR) is 100 cm³/mol. The monoisotopic (exact) mass is 507 g/mol. The molecule has 3 saturated heterocycles. The summed E-state index contributed by atoms with van der Waals surface area (Å²) in [6.45, 7) is 1.43. The van der Waals surface area contributed by atoms with Gasteiger partial charge in [0.15, 0.2) is 0 Å². The summed E-state index contributed by atoms with van der Waals surface area (Å²) in [6.07, 6.45) is -3.98. The van der Waals surface area contributed by atoms with Gasteiger partial charge in [0.25, 0.3) is 5.91 Å². The van der Waals surface area contributed by atoms with E-state index in [1.54, 1.807) is 0 Å². The molecule has 3 fully saturated rings. The molecule has 14 nitrogen and oxygen atoms in total. The van der Waals surface area contributed by atoms with Crippen LogP contribution in [-0.4, -0.2) is 96.2 Å². The lowest BCUT2D eigenvalue weighted by Crippen LogP contribution is -2.62. The van der Waals surface area contributed by atoms with Crippen LogP contribution in [0.1, 0.15) is 19.3 Å². The number of hydrogen-bond acceptors (Lipinski definition) is 9. The molecule has 33 heavy (non-hydrogen) atoms. The van der Waals surface area contributed by atoms with Crippen molar-refractivity contribution in [3.63, 3.8) is 0 Å². The zero-order valence-corrected chi connectivity index (χ0v) is 17.8. The SMILES string of the molecule is NC[C@H]1CN[C@H](COC2(C(N)=O)CCC3CN2C(=O)N3OS(=O)(=O)O)C1.O=C(O)C(F)(F)F. The zero-order chi connectivity index (χ0) is 25.2. The van der Waals surface area contributed by atoms with Crippen LogP contribution in [0.15, 0.2) is 0 Å². The van der Waals surface area contributed by atoms with Crippen LogP contribution >= 0.6 is 0 Å². The van der Waals surface area contributed by atoms with E-state index in [0.29, 0.717) is 17.5 Å². The standard InChI is InChI=1S/C13H23N5O7S.C2HF3O2/c14-4-8-3-9(16-5-8)7-24-13(11(15)19)2-1-10-6-17(13)12(20)18(10)25-26(21,22)23;3-2(4,5)1(6)7/h8-10,16H,1-7,14H2,(H2,15,19)(H,21,22,23);(H,6,7)/t8-,9-,10?,13?;/m0./s1. The van der Waals surface area contributed by atoms with Crippen molar-refractivity contribution in [1.82, 2.24) is 15.3 Å². The summed E-state index contributed by atoms with van der Waals surface area (Å²) in [4.78, 5) is 34.6. The number of fused-ring (bicyclic) bond motifs is 2. The van der Waals surface area contributed by atoms with Gasteiger partial charge in [0.05, 0.1) is 12.6 Å². The van der Waals surface area contributed by atoms with E-state index in [1.807, 2.05) is 0 Å². The largest absolute Gasteiger partial charge is 0.490 e. The van der Waals surface area contributed by atoms with Crippen LogP contribution in [0.2, 0.25) is 0 Å². The summed E-state index contributed by atoms with van der Waals surface area (Å²) in [5.41, 5.74) is 9.49. The van der Waals surface area contributed by atoms with Crippen LogP contribution in [0.25, 0.3) is 0 Å². The van der Waals surface area contributed by atoms with Gasteiger partial charge in [0.1, 0.15) is 0 Å². The molecule has 0 spiro atoms. The van der Waals surface area contributed by atoms with Gasteiger partial charge in [-0.3, -0.25) is 14.2 Å². The number of amides is 3. The maximum absolute atomic E-state index is 12.5. The molecule has 0 radical (unpaired) electrons. The molecule has 3 aliphatic rings. The number of hydrogen-bond donors (Lipinski definition) is 5. The molecule has 3 heterocycles. The van der Waals surface area contributed by atoms with Crippen LogP contribution in [0.5, 0.6) is 0 Å². The normalized spacial score (nSPS) is 29.6. The number of primary amides is 1. The summed E-state index contributed by atoms with van der Waals surface area (Å²) in [6, 6.07) is -1.56. The fourth-order valence-electron chi connectivity index (χ4n) is 3.76. The van der Waals surface area contributed by atoms with E-state index in [1.165, 1.54) is 0 Å². The number of nitrogens with two attached hydrogens (primary N) is 2. The molecule has 0 aliphatic carbocycles. The van der Waals surface area contributed by atoms with Gasteiger partial charge in [-0.05, 0) is 31.8 Å². The van der Waals surface area contributed by atoms with Gasteiger partial charge in [-0.25, -0.2) is 9.59 Å². The summed E-state index contributed by atoms with van der Waals surface area (Å²) >= 11 is 0. The molecule has 2 bridgehead atoms. The minimum atomic E-state index is -5.08. The van der Waals surface area contributed by atoms with Gasteiger partial charge < -0.3 is 26.6 Å². The maximum Gasteiger partial charge on any atom is 0.490 e. The number of ether oxygens (including phenoxy) is 1. The van der Waals surface area contributed by atoms with E-state index in [9.17, 15) is 31.2 Å². The summed E-state index contributed by atoms with van der Waals surface area (Å²) in [5.74, 6) is -3.28. The number of hydroxylamine groups is 2. The molecule has 18 heteroatoms. The van der Waals surface area contributed by atoms with Gasteiger partial charge >= 0.3 is 28.6 Å². The minimum Gasteiger partial charge on any atom is -0.475 e. The first-order valence-electron chi connectivity index (χ1n) is 9.56. The van der Waals surface area contributed by atoms with Gasteiger partial charge in [-0.2, -0.15) is 26.7 Å². The number of rotatable bonds is 7. The second-order valence-electron chi connectivity index (χ2n) is 7.62. The fourth-order valence-corrected chi connectivity index (χ4v) is 4.15. The fraction of sp³-hybridized carbons (Fsp3) is 0.800. The first-order valence-corrected chi connectivity index (χ1v) is 10.9. The highest BCUT2D eigenvalue weighted by atomic mass is 32.3. The molecule has 7 N–H and O–H groups in total. The highest BCUT2D eigenvalue weighted by Gasteiger charge is 2.58. The minimum absolute atomic E-state index is 0.000807. The lowest BCUT2D eigenvalue weighted by atomic mass is 9.96. The number of nitrogens with zero attached hydrogens (tertiary/aromatic N) is 2. The Labute approximate surface area is 185 Å². The molecule has 3 rings (SSSR count). The molecule has 0 aromatic heterocycles. The number of halogens is 3. The van der Waals surface area contributed by atoms with Crippen molar-refractivity contribution < 1.29 is 54.7 Å². The number of urea groups is 1. The number of alkyl halides is 3. The van der Waals surface area contributed by atoms with Crippen molar-refractivity contribution in [2.75, 3.05) is 26.2 Å². The Morgan fingerprint density at radius 3 is 2.39 bits per heavy atom. The van der Waals surface area contributed by atoms with E-state index < -0.39 is 46.2 Å². The Balaban J connectivity index is 0.000000479. The average molecular weight is 507 g/mol. The van der Waals surface area contributed by atoms with Crippen molar-refractivity contribution in [1.29, 1.82) is 0 Å². The smallest absolute Gasteiger partial charge is 0.475 e. The van der Waals surface area contributed by atoms with Gasteiger partial charge in [0, 0.05) is 19.0 Å². The van der Waals surface area contributed by atoms with Crippen LogP contribution in [0.4, 0.5) is 18.0 Å². The Kier molecular flexibility index (Phi) is 8.13. The number of carbonyl (C=O) groups excluding carboxylic acids is 2. The first kappa shape index (κ1) is 27.0. The number of aliphatic carboxylic acids is 1. The molecule has 3 aliphatic heterocycles. The predicted octanol–water partition coefficient (Wildman–Crippen LogP) is -1.61. The molecule has 3 amide bonds. The first-order chi connectivity index (χ1) is 15.1. The van der Waals surface area contributed by atoms with E-state index in [4.69, 9.17) is 30.7 Å². The van der Waals surface area contributed by atoms with Crippen molar-refractivity contribution in [3.05, 3.63) is 0 Å². The Hall–Kier alpha value is -2.25. The number of carbonyl (C=O) groups is 3. The highest BCUT2D eigenvalue weighted by molar-refractivity contribution is 7.80. The topological polar surface area (TPSA) is 215 Å². The van der Waals surface area contributed by atoms with E-state index >= 15 is 0 Å². The second kappa shape index (κ2) is 9.94. The average Bonchev–Trinajstić information content (AvgIpc) is 3.25. The summed E-state index contributed by atoms with van der Waals surface area (Å²) < 4.78 is 72.7. The zero-order valence-electron chi connectivity index (χ0n) is 17.0. The Morgan fingerprint density at radius 2 is 1.94 bits per heavy atom. The van der Waals surface area contributed by atoms with E-state index in [2.05, 4.69) is 9.60 Å². The number of nitrogens with one attached hydrogen (secondary N) is 1. The maximum atomic E-state index is 12.5. The van der Waals surface area contributed by atoms with Gasteiger partial charge in [0.2, 0.25) is 5.72 Å². The van der Waals surface area contributed by atoms with Crippen molar-refractivity contribution >= 4 is 28.3 Å². The molecule has 2 unspecified atom stereocenters. The van der Waals surface area contributed by atoms with Crippen molar-refractivity contribution in [2.45, 2.75) is 43.2 Å². The third-order valence-electron chi connectivity index (χ3n) is 5.37. The molecule has 0 saturated carbocycles. The number of carboxylic acids is 1. The van der Waals surface area contributed by atoms with Crippen LogP contribution in [0, 0.1) is 5.92 Å². The molecule has 0 aromatic carbocycles. The molecular formula is C15H24F3N5O9S. The third kappa shape index (κ3) is 6.42. The van der Waals surface area contributed by atoms with Crippen LogP contribution in [0.3, 0.4) is 0 Å². The van der Waals surface area contributed by atoms with E-state index in [0.717, 1.165) is 17.9 Å². The van der Waals surface area contributed by atoms with Crippen LogP contribution in [-0.2, 0) is 29.0 Å². The van der Waals surface area contributed by atoms with Crippen LogP contribution < -0.4 is 16.8 Å². The van der Waals surface area contributed by atoms with Crippen molar-refractivity contribution in [3.8, 4) is 0 Å². The molecular weight excluding hydrogens is 483 g/mol. The Morgan fingerprint density at radius 1 is 1.33 bits per heavy atom. The lowest BCUT2D eigenvalue weighted by molar-refractivity contribution is -0.192. The number of piperidine rings is 1. The second-order valence-corrected chi connectivity index (χ2v) is 8.62. The third-order valence-corrected chi connectivity index (χ3v) is 5.72. The van der Waals surface area contributed by atoms with Gasteiger partial charge in [-0.1, -0.05) is 0 Å². The summed E-state index contributed by atoms with van der Waals surface area (Å²) in [7, 11) is -4.87. The van der Waals surface area contributed by atoms with E-state index in [-0.39, 0.29) is 32.0 Å². The van der Waals surface area contributed by atoms with Crippen molar-refractivity contribution in [2.24, 2.45) is 17.4 Å². The molecule has 4 atom stereocenters. The highest BCUT2D eigenvalue weighted by Crippen LogP contribution is 2.38. The Bertz CT molecular complexity index is 874. The summed E-state index contributed by atoms with van der Waals surface area (Å²) in [5, 5.41) is 10.9.